The van der Waals surface area contributed by atoms with Crippen LogP contribution in [0.4, 0.5) is 14.9 Å². The molecule has 2 rings (SSSR count). The minimum atomic E-state index is -4.13. The van der Waals surface area contributed by atoms with E-state index in [-0.39, 0.29) is 16.1 Å². The van der Waals surface area contributed by atoms with Gasteiger partial charge < -0.3 is 10.5 Å². The number of hydrogen-bond donors (Lipinski definition) is 3. The van der Waals surface area contributed by atoms with Gasteiger partial charge in [-0.25, -0.2) is 22.4 Å². The molecule has 0 heterocycles. The largest absolute Gasteiger partial charge is 0.448 e. The zero-order valence-corrected chi connectivity index (χ0v) is 16.9. The number of imide groups is 1. The van der Waals surface area contributed by atoms with Gasteiger partial charge in [-0.2, -0.15) is 0 Å². The van der Waals surface area contributed by atoms with E-state index in [0.717, 1.165) is 24.3 Å². The van der Waals surface area contributed by atoms with Gasteiger partial charge in [-0.05, 0) is 42.3 Å². The fraction of sp³-hybridized carbons (Fsp3) is 0.211. The lowest BCUT2D eigenvalue weighted by atomic mass is 10.1. The Kier molecular flexibility index (Phi) is 7.11. The van der Waals surface area contributed by atoms with Gasteiger partial charge in [-0.1, -0.05) is 26.0 Å². The summed E-state index contributed by atoms with van der Waals surface area (Å²) in [7, 11) is -4.13. The van der Waals surface area contributed by atoms with Gasteiger partial charge in [-0.15, -0.1) is 0 Å². The molecule has 0 spiro atoms. The van der Waals surface area contributed by atoms with Crippen molar-refractivity contribution in [2.45, 2.75) is 24.8 Å². The number of anilines is 1. The molecule has 160 valence electrons. The number of halogens is 1. The van der Waals surface area contributed by atoms with Gasteiger partial charge in [0.2, 0.25) is 0 Å². The van der Waals surface area contributed by atoms with Crippen molar-refractivity contribution in [3.63, 3.8) is 0 Å². The molecule has 0 bridgehead atoms. The lowest BCUT2D eigenvalue weighted by Crippen LogP contribution is -2.45. The Balaban J connectivity index is 2.29. The van der Waals surface area contributed by atoms with Crippen LogP contribution in [0.25, 0.3) is 0 Å². The van der Waals surface area contributed by atoms with E-state index in [1.807, 2.05) is 5.32 Å². The number of nitrogens with one attached hydrogen (secondary N) is 2. The number of ether oxygens (including phenoxy) is 1. The third kappa shape index (κ3) is 5.77. The number of carbonyl (C=O) groups is 3. The highest BCUT2D eigenvalue weighted by atomic mass is 32.2. The summed E-state index contributed by atoms with van der Waals surface area (Å²) in [4.78, 5) is 35.4. The van der Waals surface area contributed by atoms with Gasteiger partial charge in [0.15, 0.2) is 6.10 Å². The molecule has 0 aliphatic rings. The molecule has 0 saturated heterocycles. The van der Waals surface area contributed by atoms with Crippen molar-refractivity contribution < 1.29 is 31.9 Å². The van der Waals surface area contributed by atoms with E-state index in [9.17, 15) is 27.2 Å². The van der Waals surface area contributed by atoms with Crippen molar-refractivity contribution in [1.29, 1.82) is 0 Å². The molecular formula is C19H20FN3O6S. The highest BCUT2D eigenvalue weighted by Crippen LogP contribution is 2.22. The van der Waals surface area contributed by atoms with Crippen LogP contribution in [0, 0.1) is 11.7 Å². The maximum absolute atomic E-state index is 13.1. The number of carbonyl (C=O) groups excluding carboxylic acids is 3. The maximum atomic E-state index is 13.1. The van der Waals surface area contributed by atoms with Crippen LogP contribution in [0.1, 0.15) is 24.2 Å². The number of amides is 3. The summed E-state index contributed by atoms with van der Waals surface area (Å²) in [6.07, 6.45) is -1.34. The molecule has 1 unspecified atom stereocenters. The van der Waals surface area contributed by atoms with E-state index < -0.39 is 45.8 Å². The highest BCUT2D eigenvalue weighted by Gasteiger charge is 2.29. The number of benzene rings is 2. The van der Waals surface area contributed by atoms with Crippen molar-refractivity contribution in [1.82, 2.24) is 5.32 Å². The summed E-state index contributed by atoms with van der Waals surface area (Å²) in [5.74, 6) is -3.01. The van der Waals surface area contributed by atoms with Crippen molar-refractivity contribution in [3.05, 3.63) is 59.9 Å². The SMILES string of the molecule is CC(C)C(OC(=O)c1ccccc1NS(=O)(=O)c1ccc(F)cc1)C(=O)NC(N)=O. The Morgan fingerprint density at radius 2 is 1.63 bits per heavy atom. The normalized spacial score (nSPS) is 12.1. The molecule has 0 fully saturated rings. The van der Waals surface area contributed by atoms with Crippen LogP contribution in [0.5, 0.6) is 0 Å². The van der Waals surface area contributed by atoms with Crippen molar-refractivity contribution in [2.75, 3.05) is 4.72 Å². The number of urea groups is 1. The second kappa shape index (κ2) is 9.35. The number of rotatable bonds is 7. The zero-order valence-electron chi connectivity index (χ0n) is 16.1. The third-order valence-electron chi connectivity index (χ3n) is 3.86. The molecule has 9 nitrogen and oxygen atoms in total. The van der Waals surface area contributed by atoms with Crippen molar-refractivity contribution in [3.8, 4) is 0 Å². The van der Waals surface area contributed by atoms with Crippen molar-refractivity contribution >= 4 is 33.6 Å². The molecule has 30 heavy (non-hydrogen) atoms. The summed E-state index contributed by atoms with van der Waals surface area (Å²) in [6.45, 7) is 3.17. The van der Waals surface area contributed by atoms with Crippen LogP contribution >= 0.6 is 0 Å². The lowest BCUT2D eigenvalue weighted by Gasteiger charge is -2.20. The second-order valence-corrected chi connectivity index (χ2v) is 8.21. The summed E-state index contributed by atoms with van der Waals surface area (Å²) >= 11 is 0. The topological polar surface area (TPSA) is 145 Å². The van der Waals surface area contributed by atoms with E-state index in [1.54, 1.807) is 13.8 Å². The standard InChI is InChI=1S/C19H20FN3O6S/c1-11(2)16(17(24)22-19(21)26)29-18(25)14-5-3-4-6-15(14)23-30(27,28)13-9-7-12(20)8-10-13/h3-11,16,23H,1-2H3,(H3,21,22,24,26). The number of sulfonamides is 1. The van der Waals surface area contributed by atoms with Crippen LogP contribution in [0.2, 0.25) is 0 Å². The summed E-state index contributed by atoms with van der Waals surface area (Å²) < 4.78 is 45.6. The van der Waals surface area contributed by atoms with Gasteiger partial charge in [0.25, 0.3) is 15.9 Å². The van der Waals surface area contributed by atoms with Gasteiger partial charge in [0, 0.05) is 0 Å². The first kappa shape index (κ1) is 22.8. The Labute approximate surface area is 172 Å². The average molecular weight is 437 g/mol. The first-order valence-electron chi connectivity index (χ1n) is 8.70. The predicted molar refractivity (Wildman–Crippen MR) is 105 cm³/mol. The molecule has 2 aromatic carbocycles. The molecule has 0 aliphatic carbocycles. The van der Waals surface area contributed by atoms with E-state index >= 15 is 0 Å². The molecular weight excluding hydrogens is 417 g/mol. The number of nitrogens with two attached hydrogens (primary N) is 1. The van der Waals surface area contributed by atoms with Gasteiger partial charge in [-0.3, -0.25) is 14.8 Å². The van der Waals surface area contributed by atoms with Crippen LogP contribution in [0.15, 0.2) is 53.4 Å². The minimum absolute atomic E-state index is 0.107. The number of hydrogen-bond acceptors (Lipinski definition) is 6. The quantitative estimate of drug-likeness (QED) is 0.565. The van der Waals surface area contributed by atoms with Gasteiger partial charge in [0.05, 0.1) is 16.1 Å². The Morgan fingerprint density at radius 1 is 1.03 bits per heavy atom. The molecule has 11 heteroatoms. The smallest absolute Gasteiger partial charge is 0.341 e. The molecule has 1 atom stereocenters. The minimum Gasteiger partial charge on any atom is -0.448 e. The average Bonchev–Trinajstić information content (AvgIpc) is 2.65. The van der Waals surface area contributed by atoms with Crippen LogP contribution in [0.3, 0.4) is 0 Å². The number of para-hydroxylation sites is 1. The first-order valence-corrected chi connectivity index (χ1v) is 10.2. The Morgan fingerprint density at radius 3 is 2.20 bits per heavy atom. The molecule has 3 amide bonds. The number of esters is 1. The molecule has 0 aliphatic heterocycles. The van der Waals surface area contributed by atoms with Gasteiger partial charge in [0.1, 0.15) is 5.82 Å². The fourth-order valence-corrected chi connectivity index (χ4v) is 3.51. The van der Waals surface area contributed by atoms with Crippen LogP contribution in [-0.2, 0) is 19.6 Å². The van der Waals surface area contributed by atoms with Crippen LogP contribution in [-0.4, -0.2) is 32.4 Å². The fourth-order valence-electron chi connectivity index (χ4n) is 2.43. The van der Waals surface area contributed by atoms with E-state index in [0.29, 0.717) is 0 Å². The van der Waals surface area contributed by atoms with Gasteiger partial charge >= 0.3 is 12.0 Å². The third-order valence-corrected chi connectivity index (χ3v) is 5.24. The van der Waals surface area contributed by atoms with E-state index in [2.05, 4.69) is 4.72 Å². The molecule has 0 saturated carbocycles. The van der Waals surface area contributed by atoms with Crippen LogP contribution < -0.4 is 15.8 Å². The van der Waals surface area contributed by atoms with E-state index in [1.165, 1.54) is 24.3 Å². The summed E-state index contributed by atoms with van der Waals surface area (Å²) in [5, 5.41) is 1.84. The summed E-state index contributed by atoms with van der Waals surface area (Å²) in [5.41, 5.74) is 4.65. The Bertz CT molecular complexity index is 1050. The number of primary amides is 1. The molecule has 0 aromatic heterocycles. The van der Waals surface area contributed by atoms with Crippen molar-refractivity contribution in [2.24, 2.45) is 11.7 Å². The molecule has 4 N–H and O–H groups in total. The van der Waals surface area contributed by atoms with E-state index in [4.69, 9.17) is 10.5 Å². The molecule has 2 aromatic rings. The monoisotopic (exact) mass is 437 g/mol. The second-order valence-electron chi connectivity index (χ2n) is 6.53. The molecule has 0 radical (unpaired) electrons. The summed E-state index contributed by atoms with van der Waals surface area (Å²) in [6, 6.07) is 8.59. The lowest BCUT2D eigenvalue weighted by molar-refractivity contribution is -0.130. The Hall–Kier alpha value is -3.47. The predicted octanol–water partition coefficient (Wildman–Crippen LogP) is 2.00. The maximum Gasteiger partial charge on any atom is 0.341 e. The zero-order chi connectivity index (χ0) is 22.5. The first-order chi connectivity index (χ1) is 14.0. The highest BCUT2D eigenvalue weighted by molar-refractivity contribution is 7.92.